The highest BCUT2D eigenvalue weighted by molar-refractivity contribution is 7.99. The molecule has 1 saturated heterocycles. The Morgan fingerprint density at radius 2 is 2.10 bits per heavy atom. The predicted molar refractivity (Wildman–Crippen MR) is 118 cm³/mol. The van der Waals surface area contributed by atoms with E-state index in [1.54, 1.807) is 31.1 Å². The molecule has 10 heteroatoms. The minimum absolute atomic E-state index is 0.0551. The van der Waals surface area contributed by atoms with E-state index in [1.807, 2.05) is 20.8 Å². The molecule has 0 saturated carbocycles. The fourth-order valence-corrected chi connectivity index (χ4v) is 4.40. The zero-order valence-corrected chi connectivity index (χ0v) is 18.3. The molecule has 1 amide bonds. The maximum atomic E-state index is 12.4. The van der Waals surface area contributed by atoms with Crippen LogP contribution in [0.25, 0.3) is 17.1 Å². The summed E-state index contributed by atoms with van der Waals surface area (Å²) in [5.41, 5.74) is 1.53. The Morgan fingerprint density at radius 1 is 1.38 bits per heavy atom. The standard InChI is InChI=1S/C19H24ClN5O3S/c1-19(2,3)28-18(27)23-14-10-29-9-13(14)22-17-21-8-12-7-11(5-6-20)16(26)25(4)15(12)24-17/h5-8,13-14H,9-10H2,1-4H3,(H,23,27)(H,21,22,24)/b6-5-. The Hall–Kier alpha value is -2.26. The average molecular weight is 438 g/mol. The van der Waals surface area contributed by atoms with Gasteiger partial charge in [0.25, 0.3) is 5.56 Å². The molecule has 1 aliphatic rings. The summed E-state index contributed by atoms with van der Waals surface area (Å²) in [6.07, 6.45) is 2.75. The van der Waals surface area contributed by atoms with Crippen LogP contribution >= 0.6 is 23.4 Å². The molecular formula is C19H24ClN5O3S. The molecule has 0 aliphatic carbocycles. The van der Waals surface area contributed by atoms with E-state index in [9.17, 15) is 9.59 Å². The fourth-order valence-electron chi connectivity index (χ4n) is 2.99. The van der Waals surface area contributed by atoms with Gasteiger partial charge in [0.1, 0.15) is 11.2 Å². The molecule has 29 heavy (non-hydrogen) atoms. The largest absolute Gasteiger partial charge is 0.444 e. The number of aromatic nitrogens is 3. The van der Waals surface area contributed by atoms with Crippen LogP contribution in [0.1, 0.15) is 26.3 Å². The van der Waals surface area contributed by atoms with Crippen molar-refractivity contribution in [3.05, 3.63) is 33.7 Å². The summed E-state index contributed by atoms with van der Waals surface area (Å²) in [5.74, 6) is 1.95. The van der Waals surface area contributed by atoms with Gasteiger partial charge in [-0.2, -0.15) is 16.7 Å². The van der Waals surface area contributed by atoms with E-state index in [0.29, 0.717) is 17.2 Å². The zero-order chi connectivity index (χ0) is 21.2. The number of pyridine rings is 1. The molecule has 8 nitrogen and oxygen atoms in total. The Morgan fingerprint density at radius 3 is 2.79 bits per heavy atom. The number of nitrogens with zero attached hydrogens (tertiary/aromatic N) is 3. The maximum absolute atomic E-state index is 12.4. The average Bonchev–Trinajstić information content (AvgIpc) is 3.05. The number of thioether (sulfide) groups is 1. The van der Waals surface area contributed by atoms with Gasteiger partial charge in [-0.05, 0) is 32.9 Å². The molecule has 1 fully saturated rings. The number of anilines is 1. The number of hydrogen-bond acceptors (Lipinski definition) is 7. The molecule has 0 radical (unpaired) electrons. The Labute approximate surface area is 178 Å². The first-order valence-electron chi connectivity index (χ1n) is 9.15. The molecule has 2 aromatic heterocycles. The number of ether oxygens (including phenoxy) is 1. The third-order valence-corrected chi connectivity index (χ3v) is 5.63. The molecule has 3 heterocycles. The van der Waals surface area contributed by atoms with Crippen LogP contribution in [0, 0.1) is 0 Å². The van der Waals surface area contributed by atoms with Gasteiger partial charge < -0.3 is 15.4 Å². The molecule has 2 aromatic rings. The third kappa shape index (κ3) is 5.22. The van der Waals surface area contributed by atoms with Gasteiger partial charge in [-0.1, -0.05) is 11.6 Å². The van der Waals surface area contributed by atoms with E-state index in [-0.39, 0.29) is 17.6 Å². The summed E-state index contributed by atoms with van der Waals surface area (Å²) in [6, 6.07) is 1.54. The molecule has 0 aromatic carbocycles. The van der Waals surface area contributed by atoms with Crippen LogP contribution in [0.4, 0.5) is 10.7 Å². The van der Waals surface area contributed by atoms with Crippen molar-refractivity contribution in [3.8, 4) is 0 Å². The molecule has 0 spiro atoms. The molecule has 2 atom stereocenters. The second-order valence-electron chi connectivity index (χ2n) is 7.77. The van der Waals surface area contributed by atoms with Gasteiger partial charge >= 0.3 is 6.09 Å². The lowest BCUT2D eigenvalue weighted by Gasteiger charge is -2.24. The SMILES string of the molecule is Cn1c(=O)c(/C=C\Cl)cc2cnc(NC3CSCC3NC(=O)OC(C)(C)C)nc21. The van der Waals surface area contributed by atoms with E-state index >= 15 is 0 Å². The first-order chi connectivity index (χ1) is 13.7. The van der Waals surface area contributed by atoms with Crippen LogP contribution in [0.15, 0.2) is 22.6 Å². The zero-order valence-electron chi connectivity index (χ0n) is 16.7. The number of halogens is 1. The van der Waals surface area contributed by atoms with Crippen LogP contribution in [0.5, 0.6) is 0 Å². The Balaban J connectivity index is 1.78. The lowest BCUT2D eigenvalue weighted by atomic mass is 10.2. The summed E-state index contributed by atoms with van der Waals surface area (Å²) in [7, 11) is 1.66. The van der Waals surface area contributed by atoms with Crippen molar-refractivity contribution in [1.82, 2.24) is 19.9 Å². The van der Waals surface area contributed by atoms with Gasteiger partial charge in [-0.3, -0.25) is 9.36 Å². The van der Waals surface area contributed by atoms with Gasteiger partial charge in [0, 0.05) is 41.2 Å². The van der Waals surface area contributed by atoms with Gasteiger partial charge in [-0.25, -0.2) is 9.78 Å². The number of carbonyl (C=O) groups is 1. The molecule has 3 rings (SSSR count). The van der Waals surface area contributed by atoms with Gasteiger partial charge in [-0.15, -0.1) is 0 Å². The van der Waals surface area contributed by atoms with Crippen LogP contribution in [-0.4, -0.2) is 49.8 Å². The van der Waals surface area contributed by atoms with Crippen LogP contribution < -0.4 is 16.2 Å². The number of carbonyl (C=O) groups excluding carboxylic acids is 1. The molecule has 156 valence electrons. The predicted octanol–water partition coefficient (Wildman–Crippen LogP) is 2.96. The van der Waals surface area contributed by atoms with Crippen molar-refractivity contribution in [1.29, 1.82) is 0 Å². The third-order valence-electron chi connectivity index (χ3n) is 4.32. The Bertz CT molecular complexity index is 1000. The lowest BCUT2D eigenvalue weighted by molar-refractivity contribution is 0.0507. The summed E-state index contributed by atoms with van der Waals surface area (Å²) in [6.45, 7) is 5.48. The normalized spacial score (nSPS) is 19.6. The minimum atomic E-state index is -0.553. The molecule has 2 N–H and O–H groups in total. The number of nitrogens with one attached hydrogen (secondary N) is 2. The second kappa shape index (κ2) is 8.62. The summed E-state index contributed by atoms with van der Waals surface area (Å²) in [5, 5.41) is 6.91. The smallest absolute Gasteiger partial charge is 0.407 e. The monoisotopic (exact) mass is 437 g/mol. The topological polar surface area (TPSA) is 98.1 Å². The lowest BCUT2D eigenvalue weighted by Crippen LogP contribution is -2.47. The van der Waals surface area contributed by atoms with Crippen molar-refractivity contribution in [2.24, 2.45) is 7.05 Å². The van der Waals surface area contributed by atoms with Crippen molar-refractivity contribution in [2.75, 3.05) is 16.8 Å². The Kier molecular flexibility index (Phi) is 6.38. The van der Waals surface area contributed by atoms with E-state index in [0.717, 1.165) is 16.9 Å². The van der Waals surface area contributed by atoms with Gasteiger partial charge in [0.15, 0.2) is 0 Å². The number of fused-ring (bicyclic) bond motifs is 1. The molecular weight excluding hydrogens is 414 g/mol. The van der Waals surface area contributed by atoms with Gasteiger partial charge in [0.05, 0.1) is 12.1 Å². The number of rotatable bonds is 4. The highest BCUT2D eigenvalue weighted by atomic mass is 35.5. The van der Waals surface area contributed by atoms with Crippen molar-refractivity contribution >= 4 is 52.5 Å². The summed E-state index contributed by atoms with van der Waals surface area (Å²) < 4.78 is 6.81. The van der Waals surface area contributed by atoms with Gasteiger partial charge in [0.2, 0.25) is 5.95 Å². The highest BCUT2D eigenvalue weighted by Gasteiger charge is 2.31. The number of hydrogen-bond donors (Lipinski definition) is 2. The van der Waals surface area contributed by atoms with E-state index in [4.69, 9.17) is 16.3 Å². The van der Waals surface area contributed by atoms with E-state index < -0.39 is 11.7 Å². The highest BCUT2D eigenvalue weighted by Crippen LogP contribution is 2.22. The summed E-state index contributed by atoms with van der Waals surface area (Å²) >= 11 is 7.33. The van der Waals surface area contributed by atoms with Crippen molar-refractivity contribution in [2.45, 2.75) is 38.5 Å². The first kappa shape index (κ1) is 21.4. The minimum Gasteiger partial charge on any atom is -0.444 e. The summed E-state index contributed by atoms with van der Waals surface area (Å²) in [4.78, 5) is 33.4. The molecule has 1 aliphatic heterocycles. The van der Waals surface area contributed by atoms with E-state index in [2.05, 4.69) is 20.6 Å². The number of amides is 1. The fraction of sp³-hybridized carbons (Fsp3) is 0.474. The number of aryl methyl sites for hydroxylation is 1. The van der Waals surface area contributed by atoms with Crippen molar-refractivity contribution < 1.29 is 9.53 Å². The first-order valence-corrected chi connectivity index (χ1v) is 10.7. The molecule has 0 bridgehead atoms. The van der Waals surface area contributed by atoms with Crippen LogP contribution in [0.3, 0.4) is 0 Å². The van der Waals surface area contributed by atoms with Crippen LogP contribution in [0.2, 0.25) is 0 Å². The van der Waals surface area contributed by atoms with E-state index in [1.165, 1.54) is 16.2 Å². The van der Waals surface area contributed by atoms with Crippen LogP contribution in [-0.2, 0) is 11.8 Å². The molecule has 2 unspecified atom stereocenters. The van der Waals surface area contributed by atoms with Crippen molar-refractivity contribution in [3.63, 3.8) is 0 Å². The quantitative estimate of drug-likeness (QED) is 0.758. The number of alkyl carbamates (subject to hydrolysis) is 1. The second-order valence-corrected chi connectivity index (χ2v) is 9.10. The maximum Gasteiger partial charge on any atom is 0.407 e.